The lowest BCUT2D eigenvalue weighted by atomic mass is 10.0. The molecule has 0 bridgehead atoms. The van der Waals surface area contributed by atoms with Gasteiger partial charge in [0.2, 0.25) is 0 Å². The molecule has 4 heteroatoms. The number of ether oxygens (including phenoxy) is 1. The molecule has 2 rings (SSSR count). The SMILES string of the molecule is CCc1ccc(OC)c(C(O)CN2CCNCC2)c1. The number of aliphatic hydroxyl groups is 1. The number of nitrogens with zero attached hydrogens (tertiary/aromatic N) is 1. The fourth-order valence-electron chi connectivity index (χ4n) is 2.50. The average Bonchev–Trinajstić information content (AvgIpc) is 2.47. The number of benzene rings is 1. The molecule has 1 fully saturated rings. The lowest BCUT2D eigenvalue weighted by Gasteiger charge is -2.29. The molecular weight excluding hydrogens is 240 g/mol. The van der Waals surface area contributed by atoms with Crippen LogP contribution in [0.2, 0.25) is 0 Å². The Bertz CT molecular complexity index is 403. The van der Waals surface area contributed by atoms with E-state index in [0.717, 1.165) is 43.9 Å². The van der Waals surface area contributed by atoms with Crippen molar-refractivity contribution in [1.29, 1.82) is 0 Å². The molecule has 1 saturated heterocycles. The van der Waals surface area contributed by atoms with E-state index >= 15 is 0 Å². The van der Waals surface area contributed by atoms with Crippen LogP contribution in [0.3, 0.4) is 0 Å². The molecule has 0 saturated carbocycles. The summed E-state index contributed by atoms with van der Waals surface area (Å²) in [5.41, 5.74) is 2.13. The third kappa shape index (κ3) is 3.69. The molecule has 19 heavy (non-hydrogen) atoms. The Balaban J connectivity index is 2.09. The van der Waals surface area contributed by atoms with E-state index in [1.165, 1.54) is 5.56 Å². The number of methoxy groups -OCH3 is 1. The van der Waals surface area contributed by atoms with Crippen LogP contribution in [-0.2, 0) is 6.42 Å². The van der Waals surface area contributed by atoms with Crippen LogP contribution in [0.15, 0.2) is 18.2 Å². The van der Waals surface area contributed by atoms with Gasteiger partial charge in [-0.05, 0) is 24.1 Å². The summed E-state index contributed by atoms with van der Waals surface area (Å²) in [4.78, 5) is 2.29. The second-order valence-corrected chi connectivity index (χ2v) is 5.00. The molecule has 0 aliphatic carbocycles. The van der Waals surface area contributed by atoms with Gasteiger partial charge < -0.3 is 15.2 Å². The van der Waals surface area contributed by atoms with Crippen molar-refractivity contribution < 1.29 is 9.84 Å². The minimum atomic E-state index is -0.487. The number of piperazine rings is 1. The zero-order valence-electron chi connectivity index (χ0n) is 11.9. The standard InChI is InChI=1S/C15H24N2O2/c1-3-12-4-5-15(19-2)13(10-12)14(18)11-17-8-6-16-7-9-17/h4-5,10,14,16,18H,3,6-9,11H2,1-2H3. The summed E-state index contributed by atoms with van der Waals surface area (Å²) in [5.74, 6) is 0.778. The highest BCUT2D eigenvalue weighted by molar-refractivity contribution is 5.39. The predicted octanol–water partition coefficient (Wildman–Crippen LogP) is 1.20. The van der Waals surface area contributed by atoms with Crippen LogP contribution in [0.25, 0.3) is 0 Å². The fraction of sp³-hybridized carbons (Fsp3) is 0.600. The minimum absolute atomic E-state index is 0.487. The molecule has 4 nitrogen and oxygen atoms in total. The first-order valence-electron chi connectivity index (χ1n) is 7.02. The molecule has 1 aromatic carbocycles. The zero-order chi connectivity index (χ0) is 13.7. The monoisotopic (exact) mass is 264 g/mol. The summed E-state index contributed by atoms with van der Waals surface area (Å²) >= 11 is 0. The molecule has 0 radical (unpaired) electrons. The van der Waals surface area contributed by atoms with Crippen molar-refractivity contribution in [2.45, 2.75) is 19.4 Å². The van der Waals surface area contributed by atoms with Crippen molar-refractivity contribution in [2.24, 2.45) is 0 Å². The number of nitrogens with one attached hydrogen (secondary N) is 1. The number of aryl methyl sites for hydroxylation is 1. The van der Waals surface area contributed by atoms with E-state index in [2.05, 4.69) is 29.3 Å². The molecule has 1 heterocycles. The number of hydrogen-bond acceptors (Lipinski definition) is 4. The minimum Gasteiger partial charge on any atom is -0.496 e. The molecule has 106 valence electrons. The molecule has 1 unspecified atom stereocenters. The summed E-state index contributed by atoms with van der Waals surface area (Å²) in [5, 5.41) is 13.8. The highest BCUT2D eigenvalue weighted by Gasteiger charge is 2.18. The van der Waals surface area contributed by atoms with E-state index in [1.807, 2.05) is 6.07 Å². The molecular formula is C15H24N2O2. The average molecular weight is 264 g/mol. The second kappa shape index (κ2) is 6.89. The van der Waals surface area contributed by atoms with Crippen LogP contribution in [0, 0.1) is 0 Å². The van der Waals surface area contributed by atoms with Crippen LogP contribution in [-0.4, -0.2) is 49.8 Å². The predicted molar refractivity (Wildman–Crippen MR) is 76.6 cm³/mol. The number of β-amino-alcohol motifs (C(OH)–C–C–N with tert-alkyl or cyclic N) is 1. The molecule has 0 spiro atoms. The van der Waals surface area contributed by atoms with Gasteiger partial charge in [-0.1, -0.05) is 13.0 Å². The van der Waals surface area contributed by atoms with E-state index in [4.69, 9.17) is 4.74 Å². The van der Waals surface area contributed by atoms with Crippen LogP contribution in [0.5, 0.6) is 5.75 Å². The van der Waals surface area contributed by atoms with Crippen molar-refractivity contribution in [3.8, 4) is 5.75 Å². The van der Waals surface area contributed by atoms with E-state index in [0.29, 0.717) is 6.54 Å². The Morgan fingerprint density at radius 1 is 1.37 bits per heavy atom. The van der Waals surface area contributed by atoms with Gasteiger partial charge in [0, 0.05) is 38.3 Å². The fourth-order valence-corrected chi connectivity index (χ4v) is 2.50. The van der Waals surface area contributed by atoms with Gasteiger partial charge in [0.15, 0.2) is 0 Å². The van der Waals surface area contributed by atoms with Gasteiger partial charge in [0.1, 0.15) is 5.75 Å². The molecule has 1 aliphatic heterocycles. The van der Waals surface area contributed by atoms with Gasteiger partial charge in [-0.3, -0.25) is 4.90 Å². The smallest absolute Gasteiger partial charge is 0.124 e. The zero-order valence-corrected chi connectivity index (χ0v) is 11.9. The Morgan fingerprint density at radius 2 is 2.11 bits per heavy atom. The van der Waals surface area contributed by atoms with Gasteiger partial charge in [-0.15, -0.1) is 0 Å². The summed E-state index contributed by atoms with van der Waals surface area (Å²) in [6, 6.07) is 6.07. The molecule has 0 aromatic heterocycles. The third-order valence-electron chi connectivity index (χ3n) is 3.70. The van der Waals surface area contributed by atoms with Crippen LogP contribution < -0.4 is 10.1 Å². The number of hydrogen-bond donors (Lipinski definition) is 2. The first-order valence-corrected chi connectivity index (χ1v) is 7.02. The normalized spacial score (nSPS) is 18.3. The van der Waals surface area contributed by atoms with Gasteiger partial charge in [-0.25, -0.2) is 0 Å². The lowest BCUT2D eigenvalue weighted by Crippen LogP contribution is -2.45. The van der Waals surface area contributed by atoms with Crippen molar-refractivity contribution in [3.63, 3.8) is 0 Å². The number of aliphatic hydroxyl groups excluding tert-OH is 1. The molecule has 1 atom stereocenters. The number of rotatable bonds is 5. The molecule has 1 aliphatic rings. The Morgan fingerprint density at radius 3 is 2.74 bits per heavy atom. The van der Waals surface area contributed by atoms with E-state index in [-0.39, 0.29) is 0 Å². The maximum Gasteiger partial charge on any atom is 0.124 e. The maximum atomic E-state index is 10.5. The quantitative estimate of drug-likeness (QED) is 0.839. The van der Waals surface area contributed by atoms with Crippen molar-refractivity contribution >= 4 is 0 Å². The molecule has 1 aromatic rings. The van der Waals surface area contributed by atoms with Gasteiger partial charge in [0.25, 0.3) is 0 Å². The Labute approximate surface area is 115 Å². The van der Waals surface area contributed by atoms with Gasteiger partial charge in [-0.2, -0.15) is 0 Å². The van der Waals surface area contributed by atoms with Gasteiger partial charge in [0.05, 0.1) is 13.2 Å². The molecule has 2 N–H and O–H groups in total. The summed E-state index contributed by atoms with van der Waals surface area (Å²) in [6.45, 7) is 6.77. The van der Waals surface area contributed by atoms with Crippen LogP contribution >= 0.6 is 0 Å². The summed E-state index contributed by atoms with van der Waals surface area (Å²) < 4.78 is 5.36. The van der Waals surface area contributed by atoms with Gasteiger partial charge >= 0.3 is 0 Å². The Kier molecular flexibility index (Phi) is 5.19. The topological polar surface area (TPSA) is 44.7 Å². The Hall–Kier alpha value is -1.10. The third-order valence-corrected chi connectivity index (χ3v) is 3.70. The summed E-state index contributed by atoms with van der Waals surface area (Å²) in [6.07, 6.45) is 0.483. The maximum absolute atomic E-state index is 10.5. The van der Waals surface area contributed by atoms with Crippen LogP contribution in [0.4, 0.5) is 0 Å². The van der Waals surface area contributed by atoms with E-state index in [1.54, 1.807) is 7.11 Å². The lowest BCUT2D eigenvalue weighted by molar-refractivity contribution is 0.103. The van der Waals surface area contributed by atoms with Crippen LogP contribution in [0.1, 0.15) is 24.2 Å². The van der Waals surface area contributed by atoms with Crippen molar-refractivity contribution in [3.05, 3.63) is 29.3 Å². The highest BCUT2D eigenvalue weighted by Crippen LogP contribution is 2.27. The second-order valence-electron chi connectivity index (χ2n) is 5.00. The highest BCUT2D eigenvalue weighted by atomic mass is 16.5. The summed E-state index contributed by atoms with van der Waals surface area (Å²) in [7, 11) is 1.65. The molecule has 0 amide bonds. The van der Waals surface area contributed by atoms with Crippen molar-refractivity contribution in [2.75, 3.05) is 39.8 Å². The first kappa shape index (κ1) is 14.3. The largest absolute Gasteiger partial charge is 0.496 e. The first-order chi connectivity index (χ1) is 9.24. The van der Waals surface area contributed by atoms with Crippen molar-refractivity contribution in [1.82, 2.24) is 10.2 Å². The van der Waals surface area contributed by atoms with E-state index in [9.17, 15) is 5.11 Å². The van der Waals surface area contributed by atoms with E-state index < -0.39 is 6.10 Å².